The number of rotatable bonds is 2. The van der Waals surface area contributed by atoms with E-state index in [1.165, 1.54) is 6.20 Å². The number of hydrogen-bond acceptors (Lipinski definition) is 2. The summed E-state index contributed by atoms with van der Waals surface area (Å²) in [6, 6.07) is 0. The van der Waals surface area contributed by atoms with Gasteiger partial charge in [-0.1, -0.05) is 0 Å². The van der Waals surface area contributed by atoms with Crippen LogP contribution in [0.15, 0.2) is 12.4 Å². The fourth-order valence-corrected chi connectivity index (χ4v) is 3.01. The highest BCUT2D eigenvalue weighted by Gasteiger charge is 2.48. The van der Waals surface area contributed by atoms with Gasteiger partial charge in [0.1, 0.15) is 0 Å². The molecular weight excluding hydrogens is 231 g/mol. The smallest absolute Gasteiger partial charge is 0.316 e. The Labute approximate surface area is 97.0 Å². The molecule has 2 aliphatic rings. The van der Waals surface area contributed by atoms with E-state index in [9.17, 15) is 13.2 Å². The van der Waals surface area contributed by atoms with Crippen molar-refractivity contribution >= 4 is 0 Å². The lowest BCUT2D eigenvalue weighted by Crippen LogP contribution is -2.60. The minimum Gasteiger partial charge on any atom is -0.316 e. The molecule has 6 heteroatoms. The zero-order valence-electron chi connectivity index (χ0n) is 9.30. The van der Waals surface area contributed by atoms with Crippen molar-refractivity contribution in [3.63, 3.8) is 0 Å². The van der Waals surface area contributed by atoms with Crippen LogP contribution < -0.4 is 5.32 Å². The normalized spacial score (nSPS) is 23.5. The predicted molar refractivity (Wildman–Crippen MR) is 55.3 cm³/mol. The Morgan fingerprint density at radius 2 is 2.12 bits per heavy atom. The van der Waals surface area contributed by atoms with Gasteiger partial charge < -0.3 is 5.32 Å². The molecule has 2 heterocycles. The van der Waals surface area contributed by atoms with Crippen molar-refractivity contribution in [3.8, 4) is 0 Å². The molecule has 1 spiro atoms. The first kappa shape index (κ1) is 11.1. The summed E-state index contributed by atoms with van der Waals surface area (Å²) in [5.41, 5.74) is 1.17. The molecule has 17 heavy (non-hydrogen) atoms. The summed E-state index contributed by atoms with van der Waals surface area (Å²) >= 11 is 0. The molecule has 0 unspecified atom stereocenters. The minimum atomic E-state index is -4.39. The first-order chi connectivity index (χ1) is 7.97. The molecule has 0 radical (unpaired) electrons. The van der Waals surface area contributed by atoms with Gasteiger partial charge in [-0.15, -0.1) is 13.2 Å². The molecule has 2 fully saturated rings. The highest BCUT2D eigenvalue weighted by atomic mass is 19.4. The molecule has 0 atom stereocenters. The van der Waals surface area contributed by atoms with Gasteiger partial charge in [-0.05, 0) is 36.2 Å². The zero-order valence-corrected chi connectivity index (χ0v) is 9.30. The van der Waals surface area contributed by atoms with E-state index >= 15 is 0 Å². The maximum Gasteiger partial charge on any atom is 0.504 e. The Bertz CT molecular complexity index is 412. The number of alkyl halides is 3. The molecule has 1 N–H and O–H groups in total. The van der Waals surface area contributed by atoms with Crippen LogP contribution in [0.25, 0.3) is 0 Å². The maximum absolute atomic E-state index is 12.3. The minimum absolute atomic E-state index is 0.0850. The lowest BCUT2D eigenvalue weighted by atomic mass is 9.57. The summed E-state index contributed by atoms with van der Waals surface area (Å²) in [4.78, 5) is 0. The average molecular weight is 245 g/mol. The van der Waals surface area contributed by atoms with Gasteiger partial charge in [-0.3, -0.25) is 0 Å². The van der Waals surface area contributed by atoms with Gasteiger partial charge in [0.25, 0.3) is 0 Å². The Hall–Kier alpha value is -1.04. The monoisotopic (exact) mass is 245 g/mol. The van der Waals surface area contributed by atoms with Gasteiger partial charge in [-0.2, -0.15) is 9.78 Å². The molecule has 0 bridgehead atoms. The molecule has 1 aromatic heterocycles. The van der Waals surface area contributed by atoms with Crippen LogP contribution in [0, 0.1) is 11.3 Å². The van der Waals surface area contributed by atoms with E-state index in [-0.39, 0.29) is 4.68 Å². The zero-order chi connectivity index (χ0) is 12.1. The number of aromatic nitrogens is 2. The van der Waals surface area contributed by atoms with E-state index in [0.29, 0.717) is 16.9 Å². The Balaban J connectivity index is 1.57. The van der Waals surface area contributed by atoms with Gasteiger partial charge in [-0.25, -0.2) is 0 Å². The second kappa shape index (κ2) is 3.48. The van der Waals surface area contributed by atoms with Crippen LogP contribution in [0.5, 0.6) is 0 Å². The lowest BCUT2D eigenvalue weighted by molar-refractivity contribution is -0.212. The molecular formula is C11H14F3N3. The summed E-state index contributed by atoms with van der Waals surface area (Å²) < 4.78 is 37.0. The molecule has 94 valence electrons. The molecule has 0 amide bonds. The Morgan fingerprint density at radius 3 is 2.59 bits per heavy atom. The van der Waals surface area contributed by atoms with Crippen molar-refractivity contribution in [2.24, 2.45) is 11.3 Å². The quantitative estimate of drug-likeness (QED) is 0.862. The summed E-state index contributed by atoms with van der Waals surface area (Å²) in [7, 11) is 0. The van der Waals surface area contributed by atoms with Crippen LogP contribution in [-0.4, -0.2) is 22.9 Å². The van der Waals surface area contributed by atoms with E-state index in [4.69, 9.17) is 0 Å². The third-order valence-electron chi connectivity index (χ3n) is 3.86. The van der Waals surface area contributed by atoms with E-state index < -0.39 is 6.30 Å². The van der Waals surface area contributed by atoms with Crippen LogP contribution in [0.2, 0.25) is 0 Å². The molecule has 1 aromatic rings. The van der Waals surface area contributed by atoms with Gasteiger partial charge in [0.15, 0.2) is 0 Å². The molecule has 1 aliphatic heterocycles. The Morgan fingerprint density at radius 1 is 1.41 bits per heavy atom. The van der Waals surface area contributed by atoms with Gasteiger partial charge in [0.05, 0.1) is 6.20 Å². The number of halogens is 3. The lowest BCUT2D eigenvalue weighted by Gasteiger charge is -2.54. The van der Waals surface area contributed by atoms with E-state index in [0.717, 1.165) is 38.5 Å². The molecule has 3 rings (SSSR count). The van der Waals surface area contributed by atoms with Crippen LogP contribution >= 0.6 is 0 Å². The van der Waals surface area contributed by atoms with Gasteiger partial charge in [0.2, 0.25) is 0 Å². The summed E-state index contributed by atoms with van der Waals surface area (Å²) in [5.74, 6) is 0.531. The topological polar surface area (TPSA) is 29.9 Å². The van der Waals surface area contributed by atoms with E-state index in [2.05, 4.69) is 10.4 Å². The number of nitrogens with zero attached hydrogens (tertiary/aromatic N) is 2. The summed E-state index contributed by atoms with van der Waals surface area (Å²) in [5, 5.41) is 6.60. The maximum atomic E-state index is 12.3. The SMILES string of the molecule is FC(F)(F)n1cc(CC2CC3(CNC3)C2)cn1. The fraction of sp³-hybridized carbons (Fsp3) is 0.727. The first-order valence-electron chi connectivity index (χ1n) is 5.78. The average Bonchev–Trinajstić information content (AvgIpc) is 2.54. The molecule has 1 saturated carbocycles. The predicted octanol–water partition coefficient (Wildman–Crippen LogP) is 1.90. The van der Waals surface area contributed by atoms with Crippen molar-refractivity contribution in [3.05, 3.63) is 18.0 Å². The van der Waals surface area contributed by atoms with Crippen LogP contribution in [-0.2, 0) is 12.7 Å². The van der Waals surface area contributed by atoms with Crippen molar-refractivity contribution in [1.29, 1.82) is 0 Å². The van der Waals surface area contributed by atoms with Crippen molar-refractivity contribution in [2.75, 3.05) is 13.1 Å². The van der Waals surface area contributed by atoms with Crippen molar-refractivity contribution in [2.45, 2.75) is 25.6 Å². The molecule has 1 saturated heterocycles. The fourth-order valence-electron chi connectivity index (χ4n) is 3.01. The van der Waals surface area contributed by atoms with Crippen molar-refractivity contribution in [1.82, 2.24) is 15.1 Å². The van der Waals surface area contributed by atoms with Crippen LogP contribution in [0.3, 0.4) is 0 Å². The standard InChI is InChI=1S/C11H14F3N3/c12-11(13,14)17-5-9(4-16-17)1-8-2-10(3-8)6-15-7-10/h4-5,8,15H,1-3,6-7H2. The number of nitrogens with one attached hydrogen (secondary N) is 1. The Kier molecular flexibility index (Phi) is 2.26. The molecule has 0 aromatic carbocycles. The largest absolute Gasteiger partial charge is 0.504 e. The number of hydrogen-bond donors (Lipinski definition) is 1. The van der Waals surface area contributed by atoms with Crippen LogP contribution in [0.4, 0.5) is 13.2 Å². The van der Waals surface area contributed by atoms with Gasteiger partial charge >= 0.3 is 6.30 Å². The third kappa shape index (κ3) is 1.94. The summed E-state index contributed by atoms with van der Waals surface area (Å²) in [6.07, 6.45) is 1.03. The second-order valence-electron chi connectivity index (χ2n) is 5.34. The van der Waals surface area contributed by atoms with E-state index in [1.54, 1.807) is 0 Å². The molecule has 1 aliphatic carbocycles. The van der Waals surface area contributed by atoms with Crippen molar-refractivity contribution < 1.29 is 13.2 Å². The van der Waals surface area contributed by atoms with Crippen LogP contribution in [0.1, 0.15) is 18.4 Å². The summed E-state index contributed by atoms with van der Waals surface area (Å²) in [6.45, 7) is 2.15. The highest BCUT2D eigenvalue weighted by Crippen LogP contribution is 2.49. The van der Waals surface area contributed by atoms with Gasteiger partial charge in [0, 0.05) is 19.3 Å². The third-order valence-corrected chi connectivity index (χ3v) is 3.86. The highest BCUT2D eigenvalue weighted by molar-refractivity contribution is 5.10. The van der Waals surface area contributed by atoms with E-state index in [1.807, 2.05) is 0 Å². The first-order valence-corrected chi connectivity index (χ1v) is 5.78. The second-order valence-corrected chi connectivity index (χ2v) is 5.34. The molecule has 3 nitrogen and oxygen atoms in total.